The first-order valence-electron chi connectivity index (χ1n) is 20.5. The van der Waals surface area contributed by atoms with Gasteiger partial charge in [-0.15, -0.1) is 0 Å². The SMILES string of the molecule is CC1(C)c2ccccc2-c2ccc(/C=C/c3ccc4c(c3)C3(CCCCC3)c3cc(N5C6=C(C=CCC=C6)S6(CCCC6)c6ccccc65)ccc3-4)cc21. The number of rotatable bonds is 3. The molecule has 2 heteroatoms. The van der Waals surface area contributed by atoms with Crippen LogP contribution in [0.15, 0.2) is 143 Å². The highest BCUT2D eigenvalue weighted by Crippen LogP contribution is 2.72. The monoisotopic (exact) mass is 719 g/mol. The van der Waals surface area contributed by atoms with Gasteiger partial charge in [-0.2, -0.15) is 10.0 Å². The summed E-state index contributed by atoms with van der Waals surface area (Å²) >= 11 is 0. The second kappa shape index (κ2) is 12.1. The molecule has 5 aromatic carbocycles. The lowest BCUT2D eigenvalue weighted by Crippen LogP contribution is -2.29. The first kappa shape index (κ1) is 32.6. The molecule has 0 N–H and O–H groups in total. The van der Waals surface area contributed by atoms with Crippen molar-refractivity contribution in [2.24, 2.45) is 0 Å². The van der Waals surface area contributed by atoms with Gasteiger partial charge >= 0.3 is 0 Å². The van der Waals surface area contributed by atoms with E-state index in [1.165, 1.54) is 118 Å². The van der Waals surface area contributed by atoms with Crippen LogP contribution in [0, 0.1) is 0 Å². The molecule has 5 aromatic rings. The van der Waals surface area contributed by atoms with Gasteiger partial charge in [-0.05, 0) is 130 Å². The Kier molecular flexibility index (Phi) is 7.31. The van der Waals surface area contributed by atoms with E-state index in [9.17, 15) is 0 Å². The number of nitrogens with zero attached hydrogens (tertiary/aromatic N) is 1. The van der Waals surface area contributed by atoms with E-state index >= 15 is 0 Å². The van der Waals surface area contributed by atoms with Crippen molar-refractivity contribution < 1.29 is 0 Å². The van der Waals surface area contributed by atoms with E-state index < -0.39 is 10.0 Å². The minimum Gasteiger partial charge on any atom is -0.308 e. The average molecular weight is 720 g/mol. The van der Waals surface area contributed by atoms with E-state index in [1.807, 2.05) is 0 Å². The van der Waals surface area contributed by atoms with Gasteiger partial charge in [0.2, 0.25) is 0 Å². The number of hydrogen-bond donors (Lipinski definition) is 0. The molecule has 2 aliphatic heterocycles. The Morgan fingerprint density at radius 2 is 1.20 bits per heavy atom. The second-order valence-corrected chi connectivity index (χ2v) is 20.5. The average Bonchev–Trinajstić information content (AvgIpc) is 3.78. The summed E-state index contributed by atoms with van der Waals surface area (Å²) in [7, 11) is -1.03. The lowest BCUT2D eigenvalue weighted by Gasteiger charge is -2.47. The number of para-hydroxylation sites is 1. The molecule has 2 spiro atoms. The minimum atomic E-state index is -1.03. The standard InChI is InChI=1S/C52H49NS/c1-51(2)43-16-8-7-15-39(43)40-26-23-36(33-44(40)51)21-22-37-24-27-41-42-28-25-38(35-46(42)52(45(41)34-37)29-11-4-12-30-52)53-47-17-5-3-6-19-49(47)54(31-13-14-32-54)50-20-10-9-18-48(50)53/h5-10,15-28,33-35H,3-4,11-14,29-32H2,1-2H3/b22-21+. The predicted octanol–water partition coefficient (Wildman–Crippen LogP) is 14.2. The van der Waals surface area contributed by atoms with Crippen molar-refractivity contribution in [3.05, 3.63) is 171 Å². The third-order valence-electron chi connectivity index (χ3n) is 13.9. The van der Waals surface area contributed by atoms with Crippen LogP contribution in [-0.4, -0.2) is 11.5 Å². The summed E-state index contributed by atoms with van der Waals surface area (Å²) in [6, 6.07) is 40.3. The quantitative estimate of drug-likeness (QED) is 0.168. The smallest absolute Gasteiger partial charge is 0.0586 e. The molecule has 0 atom stereocenters. The molecule has 268 valence electrons. The molecule has 0 amide bonds. The second-order valence-electron chi connectivity index (χ2n) is 17.1. The number of allylic oxidation sites excluding steroid dienone is 4. The summed E-state index contributed by atoms with van der Waals surface area (Å²) in [6.45, 7) is 4.74. The molecule has 11 rings (SSSR count). The summed E-state index contributed by atoms with van der Waals surface area (Å²) in [6.07, 6.45) is 24.5. The molecule has 0 bridgehead atoms. The number of anilines is 2. The fourth-order valence-corrected chi connectivity index (χ4v) is 15.8. The molecule has 1 saturated carbocycles. The maximum absolute atomic E-state index is 2.64. The number of benzene rings is 5. The van der Waals surface area contributed by atoms with Gasteiger partial charge in [0, 0.05) is 26.3 Å². The first-order chi connectivity index (χ1) is 26.5. The van der Waals surface area contributed by atoms with E-state index in [0.29, 0.717) is 0 Å². The molecule has 0 aromatic heterocycles. The lowest BCUT2D eigenvalue weighted by molar-refractivity contribution is 0.353. The fraction of sp³-hybridized carbons (Fsp3) is 0.269. The van der Waals surface area contributed by atoms with Crippen LogP contribution < -0.4 is 4.90 Å². The summed E-state index contributed by atoms with van der Waals surface area (Å²) in [4.78, 5) is 5.85. The van der Waals surface area contributed by atoms with Gasteiger partial charge in [-0.1, -0.05) is 142 Å². The summed E-state index contributed by atoms with van der Waals surface area (Å²) in [5.74, 6) is 2.65. The van der Waals surface area contributed by atoms with Gasteiger partial charge in [-0.3, -0.25) is 0 Å². The Morgan fingerprint density at radius 1 is 0.574 bits per heavy atom. The summed E-state index contributed by atoms with van der Waals surface area (Å²) in [5, 5.41) is 0. The van der Waals surface area contributed by atoms with Gasteiger partial charge in [0.15, 0.2) is 0 Å². The van der Waals surface area contributed by atoms with Gasteiger partial charge in [0.25, 0.3) is 0 Å². The van der Waals surface area contributed by atoms with E-state index in [4.69, 9.17) is 0 Å². The van der Waals surface area contributed by atoms with Crippen LogP contribution in [0.2, 0.25) is 0 Å². The maximum atomic E-state index is 2.64. The normalized spacial score (nSPS) is 21.1. The molecule has 4 aliphatic carbocycles. The van der Waals surface area contributed by atoms with Crippen LogP contribution in [0.4, 0.5) is 11.4 Å². The highest BCUT2D eigenvalue weighted by molar-refractivity contribution is 8.37. The van der Waals surface area contributed by atoms with Gasteiger partial charge in [0.1, 0.15) is 0 Å². The fourth-order valence-electron chi connectivity index (χ4n) is 11.3. The number of hydrogen-bond acceptors (Lipinski definition) is 1. The third-order valence-corrected chi connectivity index (χ3v) is 18.2. The topological polar surface area (TPSA) is 3.24 Å². The first-order valence-corrected chi connectivity index (χ1v) is 22.4. The molecular formula is C52H49NS. The molecule has 0 radical (unpaired) electrons. The predicted molar refractivity (Wildman–Crippen MR) is 232 cm³/mol. The Hall–Kier alpha value is -4.79. The molecule has 54 heavy (non-hydrogen) atoms. The van der Waals surface area contributed by atoms with Crippen LogP contribution in [0.25, 0.3) is 34.4 Å². The van der Waals surface area contributed by atoms with Crippen LogP contribution in [0.5, 0.6) is 0 Å². The number of fused-ring (bicyclic) bond motifs is 11. The Bertz CT molecular complexity index is 2490. The van der Waals surface area contributed by atoms with Crippen LogP contribution in [-0.2, 0) is 10.8 Å². The molecule has 1 saturated heterocycles. The van der Waals surface area contributed by atoms with Crippen LogP contribution in [0.3, 0.4) is 0 Å². The van der Waals surface area contributed by atoms with Crippen molar-refractivity contribution in [1.29, 1.82) is 0 Å². The zero-order valence-corrected chi connectivity index (χ0v) is 32.5. The highest BCUT2D eigenvalue weighted by Gasteiger charge is 2.46. The minimum absolute atomic E-state index is 0.0119. The van der Waals surface area contributed by atoms with Gasteiger partial charge < -0.3 is 4.90 Å². The zero-order valence-electron chi connectivity index (χ0n) is 31.7. The molecule has 6 aliphatic rings. The van der Waals surface area contributed by atoms with Crippen molar-refractivity contribution >= 4 is 33.6 Å². The Labute approximate surface area is 323 Å². The Balaban J connectivity index is 0.992. The Morgan fingerprint density at radius 3 is 2.00 bits per heavy atom. The lowest BCUT2D eigenvalue weighted by atomic mass is 9.67. The molecular weight excluding hydrogens is 671 g/mol. The van der Waals surface area contributed by atoms with E-state index in [0.717, 1.165) is 6.42 Å². The maximum Gasteiger partial charge on any atom is 0.0586 e. The van der Waals surface area contributed by atoms with Crippen LogP contribution >= 0.6 is 10.0 Å². The van der Waals surface area contributed by atoms with Crippen molar-refractivity contribution in [3.8, 4) is 22.3 Å². The van der Waals surface area contributed by atoms with Crippen molar-refractivity contribution in [2.75, 3.05) is 16.4 Å². The van der Waals surface area contributed by atoms with Gasteiger partial charge in [-0.25, -0.2) is 0 Å². The highest BCUT2D eigenvalue weighted by atomic mass is 32.3. The molecule has 0 unspecified atom stereocenters. The van der Waals surface area contributed by atoms with Crippen molar-refractivity contribution in [2.45, 2.75) is 80.9 Å². The summed E-state index contributed by atoms with van der Waals surface area (Å²) < 4.78 is 0. The van der Waals surface area contributed by atoms with Crippen molar-refractivity contribution in [1.82, 2.24) is 0 Å². The van der Waals surface area contributed by atoms with E-state index in [2.05, 4.69) is 158 Å². The van der Waals surface area contributed by atoms with Gasteiger partial charge in [0.05, 0.1) is 11.4 Å². The van der Waals surface area contributed by atoms with Crippen molar-refractivity contribution in [3.63, 3.8) is 0 Å². The molecule has 2 fully saturated rings. The third kappa shape index (κ3) is 4.59. The molecule has 1 nitrogen and oxygen atoms in total. The van der Waals surface area contributed by atoms with E-state index in [-0.39, 0.29) is 10.8 Å². The molecule has 2 heterocycles. The zero-order chi connectivity index (χ0) is 36.1. The largest absolute Gasteiger partial charge is 0.308 e. The van der Waals surface area contributed by atoms with E-state index in [1.54, 1.807) is 20.9 Å². The summed E-state index contributed by atoms with van der Waals surface area (Å²) in [5.41, 5.74) is 18.4. The van der Waals surface area contributed by atoms with Crippen LogP contribution in [0.1, 0.15) is 98.6 Å².